The number of pyridine rings is 1. The highest BCUT2D eigenvalue weighted by atomic mass is 19.4. The van der Waals surface area contributed by atoms with Crippen LogP contribution in [0.15, 0.2) is 65.6 Å². The summed E-state index contributed by atoms with van der Waals surface area (Å²) in [6.45, 7) is 1.98. The average molecular weight is 409 g/mol. The molecule has 3 aromatic rings. The summed E-state index contributed by atoms with van der Waals surface area (Å²) in [5.41, 5.74) is 3.08. The van der Waals surface area contributed by atoms with Crippen LogP contribution in [0.1, 0.15) is 33.4 Å². The van der Waals surface area contributed by atoms with Gasteiger partial charge in [-0.15, -0.1) is 0 Å². The summed E-state index contributed by atoms with van der Waals surface area (Å²) in [4.78, 5) is 15.0. The van der Waals surface area contributed by atoms with Crippen molar-refractivity contribution in [3.8, 4) is 6.07 Å². The molecule has 1 aliphatic rings. The van der Waals surface area contributed by atoms with E-state index in [9.17, 15) is 18.0 Å². The molecule has 30 heavy (non-hydrogen) atoms. The van der Waals surface area contributed by atoms with Crippen LogP contribution in [-0.2, 0) is 32.4 Å². The lowest BCUT2D eigenvalue weighted by Gasteiger charge is -2.14. The first kappa shape index (κ1) is 19.9. The lowest BCUT2D eigenvalue weighted by molar-refractivity contribution is -0.137. The molecule has 0 amide bonds. The molecule has 0 unspecified atom stereocenters. The van der Waals surface area contributed by atoms with Crippen LogP contribution < -0.4 is 5.56 Å². The molecule has 0 radical (unpaired) electrons. The molecular formula is C23H18F3N3O. The van der Waals surface area contributed by atoms with Gasteiger partial charge in [-0.3, -0.25) is 9.69 Å². The van der Waals surface area contributed by atoms with E-state index in [1.165, 1.54) is 16.7 Å². The zero-order chi connectivity index (χ0) is 21.3. The first-order valence-corrected chi connectivity index (χ1v) is 9.42. The van der Waals surface area contributed by atoms with Gasteiger partial charge in [0.2, 0.25) is 0 Å². The number of hydrogen-bond donors (Lipinski definition) is 0. The van der Waals surface area contributed by atoms with Gasteiger partial charge in [-0.05, 0) is 47.0 Å². The molecule has 1 aromatic heterocycles. The minimum Gasteiger partial charge on any atom is -0.311 e. The fourth-order valence-electron chi connectivity index (χ4n) is 3.73. The Balaban J connectivity index is 1.49. The van der Waals surface area contributed by atoms with Crippen molar-refractivity contribution in [3.63, 3.8) is 0 Å². The Labute approximate surface area is 171 Å². The SMILES string of the molecule is N#Cc1cccc(CN2Cc3ccn(Cc4ccc(C(F)(F)F)cc4)c(=O)c3C2)c1. The number of nitrogens with zero attached hydrogens (tertiary/aromatic N) is 3. The summed E-state index contributed by atoms with van der Waals surface area (Å²) in [6, 6.07) is 16.3. The predicted molar refractivity (Wildman–Crippen MR) is 105 cm³/mol. The Morgan fingerprint density at radius 1 is 0.967 bits per heavy atom. The monoisotopic (exact) mass is 409 g/mol. The largest absolute Gasteiger partial charge is 0.416 e. The maximum atomic E-state index is 12.9. The highest BCUT2D eigenvalue weighted by Gasteiger charge is 2.30. The van der Waals surface area contributed by atoms with Gasteiger partial charge in [0.1, 0.15) is 0 Å². The smallest absolute Gasteiger partial charge is 0.311 e. The molecule has 0 bridgehead atoms. The molecule has 0 saturated carbocycles. The van der Waals surface area contributed by atoms with Crippen LogP contribution in [0.2, 0.25) is 0 Å². The van der Waals surface area contributed by atoms with Crippen LogP contribution in [0.4, 0.5) is 13.2 Å². The van der Waals surface area contributed by atoms with Gasteiger partial charge in [0, 0.05) is 31.4 Å². The normalized spacial score (nSPS) is 13.8. The van der Waals surface area contributed by atoms with Crippen LogP contribution in [0.3, 0.4) is 0 Å². The summed E-state index contributed by atoms with van der Waals surface area (Å²) in [5.74, 6) is 0. The fourth-order valence-corrected chi connectivity index (χ4v) is 3.73. The first-order chi connectivity index (χ1) is 14.3. The third-order valence-electron chi connectivity index (χ3n) is 5.23. The van der Waals surface area contributed by atoms with E-state index < -0.39 is 11.7 Å². The van der Waals surface area contributed by atoms with Crippen molar-refractivity contribution in [3.05, 3.63) is 105 Å². The van der Waals surface area contributed by atoms with Crippen molar-refractivity contribution in [1.82, 2.24) is 9.47 Å². The highest BCUT2D eigenvalue weighted by molar-refractivity contribution is 5.34. The van der Waals surface area contributed by atoms with Crippen LogP contribution in [0.25, 0.3) is 0 Å². The van der Waals surface area contributed by atoms with Crippen LogP contribution in [0.5, 0.6) is 0 Å². The van der Waals surface area contributed by atoms with Crippen molar-refractivity contribution in [2.24, 2.45) is 0 Å². The number of aromatic nitrogens is 1. The molecule has 152 valence electrons. The van der Waals surface area contributed by atoms with Crippen molar-refractivity contribution < 1.29 is 13.2 Å². The predicted octanol–water partition coefficient (Wildman–Crippen LogP) is 4.30. The lowest BCUT2D eigenvalue weighted by Crippen LogP contribution is -2.24. The van der Waals surface area contributed by atoms with Crippen molar-refractivity contribution in [1.29, 1.82) is 5.26 Å². The molecule has 0 spiro atoms. The Morgan fingerprint density at radius 3 is 2.43 bits per heavy atom. The average Bonchev–Trinajstić information content (AvgIpc) is 3.13. The van der Waals surface area contributed by atoms with Gasteiger partial charge in [0.25, 0.3) is 5.56 Å². The Morgan fingerprint density at radius 2 is 1.73 bits per heavy atom. The van der Waals surface area contributed by atoms with Gasteiger partial charge in [-0.2, -0.15) is 18.4 Å². The molecule has 0 fully saturated rings. The van der Waals surface area contributed by atoms with E-state index in [0.717, 1.165) is 23.3 Å². The van der Waals surface area contributed by atoms with Crippen molar-refractivity contribution in [2.45, 2.75) is 32.4 Å². The summed E-state index contributed by atoms with van der Waals surface area (Å²) >= 11 is 0. The van der Waals surface area contributed by atoms with Gasteiger partial charge >= 0.3 is 6.18 Å². The van der Waals surface area contributed by atoms with Gasteiger partial charge < -0.3 is 4.57 Å². The zero-order valence-electron chi connectivity index (χ0n) is 16.0. The van der Waals surface area contributed by atoms with Gasteiger partial charge in [-0.1, -0.05) is 24.3 Å². The number of fused-ring (bicyclic) bond motifs is 1. The fraction of sp³-hybridized carbons (Fsp3) is 0.217. The van der Waals surface area contributed by atoms with Crippen molar-refractivity contribution in [2.75, 3.05) is 0 Å². The minimum atomic E-state index is -4.38. The van der Waals surface area contributed by atoms with Gasteiger partial charge in [0.15, 0.2) is 0 Å². The molecule has 0 N–H and O–H groups in total. The Kier molecular flexibility index (Phi) is 5.18. The minimum absolute atomic E-state index is 0.124. The summed E-state index contributed by atoms with van der Waals surface area (Å²) in [6.07, 6.45) is -2.68. The van der Waals surface area contributed by atoms with Crippen molar-refractivity contribution >= 4 is 0 Å². The first-order valence-electron chi connectivity index (χ1n) is 9.42. The second-order valence-corrected chi connectivity index (χ2v) is 7.40. The molecule has 7 heteroatoms. The van der Waals surface area contributed by atoms with Crippen LogP contribution >= 0.6 is 0 Å². The molecular weight excluding hydrogens is 391 g/mol. The molecule has 0 atom stereocenters. The Bertz CT molecular complexity index is 1170. The standard InChI is InChI=1S/C23H18F3N3O/c24-23(25,26)20-6-4-16(5-7-20)13-29-9-8-19-14-28(15-21(19)22(29)30)12-18-3-1-2-17(10-18)11-27/h1-10H,12-15H2. The third kappa shape index (κ3) is 4.14. The number of benzene rings is 2. The quantitative estimate of drug-likeness (QED) is 0.646. The molecule has 4 nitrogen and oxygen atoms in total. The molecule has 2 aromatic carbocycles. The third-order valence-corrected chi connectivity index (χ3v) is 5.23. The number of hydrogen-bond acceptors (Lipinski definition) is 3. The van der Waals surface area contributed by atoms with E-state index in [1.807, 2.05) is 24.3 Å². The van der Waals surface area contributed by atoms with Gasteiger partial charge in [0.05, 0.1) is 23.7 Å². The molecule has 2 heterocycles. The molecule has 0 saturated heterocycles. The topological polar surface area (TPSA) is 49.0 Å². The van der Waals surface area contributed by atoms with Gasteiger partial charge in [-0.25, -0.2) is 0 Å². The summed E-state index contributed by atoms with van der Waals surface area (Å²) in [7, 11) is 0. The molecule has 0 aliphatic carbocycles. The highest BCUT2D eigenvalue weighted by Crippen LogP contribution is 2.29. The van der Waals surface area contributed by atoms with E-state index in [-0.39, 0.29) is 12.1 Å². The summed E-state index contributed by atoms with van der Waals surface area (Å²) in [5, 5.41) is 9.04. The maximum Gasteiger partial charge on any atom is 0.416 e. The molecule has 4 rings (SSSR count). The number of halogens is 3. The Hall–Kier alpha value is -3.37. The van der Waals surface area contributed by atoms with E-state index in [4.69, 9.17) is 5.26 Å². The van der Waals surface area contributed by atoms with E-state index in [2.05, 4.69) is 11.0 Å². The summed E-state index contributed by atoms with van der Waals surface area (Å²) < 4.78 is 39.7. The van der Waals surface area contributed by atoms with E-state index in [1.54, 1.807) is 12.3 Å². The second kappa shape index (κ2) is 7.81. The number of rotatable bonds is 4. The second-order valence-electron chi connectivity index (χ2n) is 7.40. The van der Waals surface area contributed by atoms with Crippen LogP contribution in [0, 0.1) is 11.3 Å². The number of alkyl halides is 3. The number of nitriles is 1. The lowest BCUT2D eigenvalue weighted by atomic mass is 10.1. The van der Waals surface area contributed by atoms with E-state index >= 15 is 0 Å². The molecule has 1 aliphatic heterocycles. The zero-order valence-corrected chi connectivity index (χ0v) is 16.0. The van der Waals surface area contributed by atoms with E-state index in [0.29, 0.717) is 36.3 Å². The maximum absolute atomic E-state index is 12.9. The van der Waals surface area contributed by atoms with Crippen LogP contribution in [-0.4, -0.2) is 9.47 Å².